The van der Waals surface area contributed by atoms with Gasteiger partial charge in [-0.05, 0) is 32.9 Å². The van der Waals surface area contributed by atoms with Gasteiger partial charge in [0, 0.05) is 4.90 Å². The lowest BCUT2D eigenvalue weighted by molar-refractivity contribution is -0.137. The fourth-order valence-electron chi connectivity index (χ4n) is 1.21. The summed E-state index contributed by atoms with van der Waals surface area (Å²) < 4.78 is 76.3. The average molecular weight is 331 g/mol. The summed E-state index contributed by atoms with van der Waals surface area (Å²) in [6.07, 6.45) is -4.91. The highest BCUT2D eigenvalue weighted by molar-refractivity contribution is 7.94. The summed E-state index contributed by atoms with van der Waals surface area (Å²) in [4.78, 5) is -0.256. The number of halogens is 4. The Morgan fingerprint density at radius 1 is 1.15 bits per heavy atom. The van der Waals surface area contributed by atoms with E-state index in [0.717, 1.165) is 0 Å². The Labute approximate surface area is 119 Å². The fourth-order valence-corrected chi connectivity index (χ4v) is 2.23. The molecule has 0 spiro atoms. The Hall–Kier alpha value is -0.960. The molecule has 0 fully saturated rings. The smallest absolute Gasteiger partial charge is 0.280 e. The summed E-state index contributed by atoms with van der Waals surface area (Å²) in [6, 6.07) is 1.27. The van der Waals surface area contributed by atoms with E-state index in [4.69, 9.17) is 0 Å². The first-order valence-corrected chi connectivity index (χ1v) is 7.31. The third-order valence-corrected chi connectivity index (χ3v) is 4.77. The van der Waals surface area contributed by atoms with Gasteiger partial charge in [0.05, 0.1) is 16.0 Å². The van der Waals surface area contributed by atoms with E-state index in [1.165, 1.54) is 20.8 Å². The molecule has 114 valence electrons. The largest absolute Gasteiger partial charge is 0.418 e. The molecule has 0 saturated heterocycles. The minimum atomic E-state index is -4.91. The third kappa shape index (κ3) is 3.57. The lowest BCUT2D eigenvalue weighted by Gasteiger charge is -2.23. The van der Waals surface area contributed by atoms with Crippen molar-refractivity contribution in [2.75, 3.05) is 4.72 Å². The number of thiol groups is 1. The van der Waals surface area contributed by atoms with E-state index in [1.54, 1.807) is 4.72 Å². The number of rotatable bonds is 2. The van der Waals surface area contributed by atoms with Gasteiger partial charge >= 0.3 is 6.18 Å². The molecule has 1 aromatic rings. The lowest BCUT2D eigenvalue weighted by atomic mass is 10.1. The first kappa shape index (κ1) is 17.1. The Balaban J connectivity index is 3.47. The van der Waals surface area contributed by atoms with E-state index in [2.05, 4.69) is 12.6 Å². The second-order valence-corrected chi connectivity index (χ2v) is 8.02. The van der Waals surface area contributed by atoms with Gasteiger partial charge in [0.1, 0.15) is 5.82 Å². The standard InChI is InChI=1S/C11H13F4NO2S2/c1-10(2,3)20(17,18)16-9-7(11(13,14)15)4-6(19)5-8(9)12/h4-5,16,19H,1-3H3. The van der Waals surface area contributed by atoms with Crippen molar-refractivity contribution in [2.45, 2.75) is 36.6 Å². The van der Waals surface area contributed by atoms with Crippen LogP contribution in [0.25, 0.3) is 0 Å². The molecule has 0 radical (unpaired) electrons. The van der Waals surface area contributed by atoms with Crippen LogP contribution in [-0.2, 0) is 16.2 Å². The molecule has 0 unspecified atom stereocenters. The number of nitrogens with one attached hydrogen (secondary N) is 1. The Morgan fingerprint density at radius 3 is 2.05 bits per heavy atom. The Bertz CT molecular complexity index is 619. The van der Waals surface area contributed by atoms with Gasteiger partial charge in [-0.2, -0.15) is 13.2 Å². The molecule has 0 bridgehead atoms. The molecule has 20 heavy (non-hydrogen) atoms. The van der Waals surface area contributed by atoms with Crippen LogP contribution in [0.15, 0.2) is 17.0 Å². The second kappa shape index (κ2) is 5.10. The maximum absolute atomic E-state index is 13.7. The van der Waals surface area contributed by atoms with E-state index in [9.17, 15) is 26.0 Å². The van der Waals surface area contributed by atoms with Crippen LogP contribution in [0.1, 0.15) is 26.3 Å². The lowest BCUT2D eigenvalue weighted by Crippen LogP contribution is -2.34. The molecule has 0 amide bonds. The van der Waals surface area contributed by atoms with Crippen molar-refractivity contribution >= 4 is 28.3 Å². The number of sulfonamides is 1. The third-order valence-electron chi connectivity index (χ3n) is 2.42. The second-order valence-electron chi connectivity index (χ2n) is 5.07. The topological polar surface area (TPSA) is 46.2 Å². The van der Waals surface area contributed by atoms with Crippen LogP contribution in [-0.4, -0.2) is 13.2 Å². The molecule has 3 nitrogen and oxygen atoms in total. The van der Waals surface area contributed by atoms with Gasteiger partial charge in [0.15, 0.2) is 0 Å². The number of anilines is 1. The predicted molar refractivity (Wildman–Crippen MR) is 70.9 cm³/mol. The van der Waals surface area contributed by atoms with E-state index in [-0.39, 0.29) is 4.90 Å². The number of hydrogen-bond donors (Lipinski definition) is 2. The van der Waals surface area contributed by atoms with Crippen LogP contribution in [0, 0.1) is 5.82 Å². The minimum Gasteiger partial charge on any atom is -0.280 e. The molecular weight excluding hydrogens is 318 g/mol. The van der Waals surface area contributed by atoms with Crippen LogP contribution in [0.4, 0.5) is 23.2 Å². The van der Waals surface area contributed by atoms with Crippen molar-refractivity contribution in [3.63, 3.8) is 0 Å². The molecule has 0 saturated carbocycles. The van der Waals surface area contributed by atoms with E-state index >= 15 is 0 Å². The Kier molecular flexibility index (Phi) is 4.36. The number of alkyl halides is 3. The summed E-state index contributed by atoms with van der Waals surface area (Å²) in [6.45, 7) is 3.86. The van der Waals surface area contributed by atoms with Gasteiger partial charge in [0.25, 0.3) is 0 Å². The normalized spacial score (nSPS) is 13.4. The quantitative estimate of drug-likeness (QED) is 0.641. The SMILES string of the molecule is CC(C)(C)S(=O)(=O)Nc1c(F)cc(S)cc1C(F)(F)F. The zero-order chi connectivity index (χ0) is 15.9. The van der Waals surface area contributed by atoms with Gasteiger partial charge in [-0.25, -0.2) is 12.8 Å². The molecule has 0 aliphatic carbocycles. The van der Waals surface area contributed by atoms with E-state index < -0.39 is 38.0 Å². The van der Waals surface area contributed by atoms with Crippen LogP contribution in [0.2, 0.25) is 0 Å². The van der Waals surface area contributed by atoms with E-state index in [1.807, 2.05) is 0 Å². The Morgan fingerprint density at radius 2 is 1.65 bits per heavy atom. The molecule has 0 atom stereocenters. The molecule has 0 aromatic heterocycles. The highest BCUT2D eigenvalue weighted by Crippen LogP contribution is 2.38. The zero-order valence-corrected chi connectivity index (χ0v) is 12.5. The predicted octanol–water partition coefficient (Wildman–Crippen LogP) is 3.67. The molecule has 0 aliphatic rings. The van der Waals surface area contributed by atoms with Crippen molar-refractivity contribution in [3.8, 4) is 0 Å². The summed E-state index contributed by atoms with van der Waals surface area (Å²) in [5.74, 6) is -1.34. The molecule has 0 heterocycles. The van der Waals surface area contributed by atoms with Gasteiger partial charge in [-0.1, -0.05) is 0 Å². The summed E-state index contributed by atoms with van der Waals surface area (Å²) >= 11 is 3.65. The fraction of sp³-hybridized carbons (Fsp3) is 0.455. The van der Waals surface area contributed by atoms with Crippen LogP contribution in [0.3, 0.4) is 0 Å². The average Bonchev–Trinajstić information content (AvgIpc) is 2.18. The maximum Gasteiger partial charge on any atom is 0.418 e. The van der Waals surface area contributed by atoms with Gasteiger partial charge in [-0.15, -0.1) is 12.6 Å². The zero-order valence-electron chi connectivity index (χ0n) is 10.8. The van der Waals surface area contributed by atoms with Crippen molar-refractivity contribution in [1.82, 2.24) is 0 Å². The van der Waals surface area contributed by atoms with Crippen molar-refractivity contribution in [1.29, 1.82) is 0 Å². The molecule has 0 aliphatic heterocycles. The minimum absolute atomic E-state index is 0.256. The first-order valence-electron chi connectivity index (χ1n) is 5.38. The molecule has 1 rings (SSSR count). The number of hydrogen-bond acceptors (Lipinski definition) is 3. The molecular formula is C11H13F4NO2S2. The van der Waals surface area contributed by atoms with Crippen LogP contribution >= 0.6 is 12.6 Å². The van der Waals surface area contributed by atoms with E-state index in [0.29, 0.717) is 12.1 Å². The molecule has 1 N–H and O–H groups in total. The summed E-state index contributed by atoms with van der Waals surface area (Å²) in [5.41, 5.74) is -2.54. The van der Waals surface area contributed by atoms with Gasteiger partial charge in [0.2, 0.25) is 10.0 Å². The summed E-state index contributed by atoms with van der Waals surface area (Å²) in [7, 11) is -4.18. The highest BCUT2D eigenvalue weighted by atomic mass is 32.2. The van der Waals surface area contributed by atoms with Crippen molar-refractivity contribution in [3.05, 3.63) is 23.5 Å². The monoisotopic (exact) mass is 331 g/mol. The number of benzene rings is 1. The maximum atomic E-state index is 13.7. The van der Waals surface area contributed by atoms with Crippen molar-refractivity contribution in [2.24, 2.45) is 0 Å². The first-order chi connectivity index (χ1) is 8.75. The van der Waals surface area contributed by atoms with Crippen molar-refractivity contribution < 1.29 is 26.0 Å². The van der Waals surface area contributed by atoms with Crippen LogP contribution in [0.5, 0.6) is 0 Å². The van der Waals surface area contributed by atoms with Gasteiger partial charge < -0.3 is 0 Å². The molecule has 9 heteroatoms. The summed E-state index contributed by atoms with van der Waals surface area (Å²) in [5, 5.41) is 0. The molecule has 1 aromatic carbocycles. The highest BCUT2D eigenvalue weighted by Gasteiger charge is 2.38. The van der Waals surface area contributed by atoms with Crippen LogP contribution < -0.4 is 4.72 Å². The van der Waals surface area contributed by atoms with Gasteiger partial charge in [-0.3, -0.25) is 4.72 Å².